The number of carbonyl (C=O) groups excluding carboxylic acids is 2. The number of sulfonamides is 1. The molecule has 0 unspecified atom stereocenters. The first-order chi connectivity index (χ1) is 21.6. The number of nitrogens with zero attached hydrogens (tertiary/aromatic N) is 2. The van der Waals surface area contributed by atoms with Crippen molar-refractivity contribution in [1.82, 2.24) is 10.2 Å². The third kappa shape index (κ3) is 8.74. The van der Waals surface area contributed by atoms with Crippen molar-refractivity contribution in [3.63, 3.8) is 0 Å². The zero-order chi connectivity index (χ0) is 32.4. The van der Waals surface area contributed by atoms with Crippen LogP contribution in [0.25, 0.3) is 0 Å². The molecule has 4 aromatic carbocycles. The van der Waals surface area contributed by atoms with Crippen molar-refractivity contribution >= 4 is 39.1 Å². The van der Waals surface area contributed by atoms with E-state index in [-0.39, 0.29) is 29.7 Å². The maximum Gasteiger partial charge on any atom is 0.264 e. The van der Waals surface area contributed by atoms with E-state index in [0.717, 1.165) is 21.9 Å². The topological polar surface area (TPSA) is 86.8 Å². The van der Waals surface area contributed by atoms with E-state index in [1.54, 1.807) is 48.5 Å². The molecule has 0 saturated carbocycles. The molecule has 7 nitrogen and oxygen atoms in total. The van der Waals surface area contributed by atoms with Gasteiger partial charge in [0.05, 0.1) is 10.6 Å². The number of rotatable bonds is 14. The molecule has 0 radical (unpaired) electrons. The van der Waals surface area contributed by atoms with Gasteiger partial charge in [-0.25, -0.2) is 8.42 Å². The number of halogens is 1. The second-order valence-electron chi connectivity index (χ2n) is 11.2. The fraction of sp³-hybridized carbons (Fsp3) is 0.278. The van der Waals surface area contributed by atoms with Gasteiger partial charge in [0.25, 0.3) is 10.0 Å². The lowest BCUT2D eigenvalue weighted by Crippen LogP contribution is -2.53. The highest BCUT2D eigenvalue weighted by Crippen LogP contribution is 2.27. The summed E-state index contributed by atoms with van der Waals surface area (Å²) in [5.74, 6) is -0.610. The van der Waals surface area contributed by atoms with Crippen LogP contribution in [0.4, 0.5) is 5.69 Å². The minimum absolute atomic E-state index is 0.0149. The van der Waals surface area contributed by atoms with Crippen LogP contribution in [0.5, 0.6) is 0 Å². The van der Waals surface area contributed by atoms with E-state index in [9.17, 15) is 18.0 Å². The second-order valence-corrected chi connectivity index (χ2v) is 13.5. The predicted molar refractivity (Wildman–Crippen MR) is 181 cm³/mol. The normalized spacial score (nSPS) is 12.0. The van der Waals surface area contributed by atoms with Gasteiger partial charge in [-0.1, -0.05) is 111 Å². The number of nitrogens with one attached hydrogen (secondary N) is 1. The van der Waals surface area contributed by atoms with E-state index in [1.165, 1.54) is 17.0 Å². The van der Waals surface area contributed by atoms with Gasteiger partial charge in [0.2, 0.25) is 11.8 Å². The molecule has 1 atom stereocenters. The van der Waals surface area contributed by atoms with Crippen LogP contribution in [0.2, 0.25) is 5.02 Å². The van der Waals surface area contributed by atoms with Gasteiger partial charge in [-0.3, -0.25) is 13.9 Å². The summed E-state index contributed by atoms with van der Waals surface area (Å²) in [5.41, 5.74) is 2.90. The molecule has 0 aliphatic rings. The molecular formula is C36H40ClN3O4S. The van der Waals surface area contributed by atoms with Crippen LogP contribution in [0.1, 0.15) is 49.8 Å². The van der Waals surface area contributed by atoms with E-state index in [1.807, 2.05) is 55.5 Å². The lowest BCUT2D eigenvalue weighted by molar-refractivity contribution is -0.140. The lowest BCUT2D eigenvalue weighted by atomic mass is 10.0. The van der Waals surface area contributed by atoms with Gasteiger partial charge < -0.3 is 10.2 Å². The summed E-state index contributed by atoms with van der Waals surface area (Å²) in [6.45, 7) is 6.00. The van der Waals surface area contributed by atoms with E-state index < -0.39 is 28.5 Å². The summed E-state index contributed by atoms with van der Waals surface area (Å²) in [6, 6.07) is 30.9. The highest BCUT2D eigenvalue weighted by atomic mass is 35.5. The summed E-state index contributed by atoms with van der Waals surface area (Å²) in [4.78, 5) is 29.7. The second kappa shape index (κ2) is 15.7. The molecule has 2 amide bonds. The largest absolute Gasteiger partial charge is 0.354 e. The SMILES string of the molecule is CCCNC(=O)[C@H](Cc1ccccc1)N(Cc1ccccc1Cl)C(=O)CN(c1ccc(C(C)C)cc1)S(=O)(=O)c1ccccc1. The first kappa shape index (κ1) is 33.7. The van der Waals surface area contributed by atoms with Gasteiger partial charge in [-0.2, -0.15) is 0 Å². The molecule has 0 aliphatic heterocycles. The van der Waals surface area contributed by atoms with Gasteiger partial charge in [0.15, 0.2) is 0 Å². The number of carbonyl (C=O) groups is 2. The summed E-state index contributed by atoms with van der Waals surface area (Å²) in [6.07, 6.45) is 0.957. The molecule has 9 heteroatoms. The van der Waals surface area contributed by atoms with E-state index in [4.69, 9.17) is 11.6 Å². The minimum Gasteiger partial charge on any atom is -0.354 e. The van der Waals surface area contributed by atoms with Crippen LogP contribution in [0, 0.1) is 0 Å². The number of benzene rings is 4. The number of hydrogen-bond acceptors (Lipinski definition) is 4. The highest BCUT2D eigenvalue weighted by Gasteiger charge is 2.34. The molecule has 0 spiro atoms. The summed E-state index contributed by atoms with van der Waals surface area (Å²) >= 11 is 6.55. The Labute approximate surface area is 271 Å². The quantitative estimate of drug-likeness (QED) is 0.163. The Morgan fingerprint density at radius 1 is 0.822 bits per heavy atom. The van der Waals surface area contributed by atoms with E-state index >= 15 is 0 Å². The zero-order valence-electron chi connectivity index (χ0n) is 25.9. The van der Waals surface area contributed by atoms with E-state index in [0.29, 0.717) is 22.8 Å². The molecule has 45 heavy (non-hydrogen) atoms. The average molecular weight is 646 g/mol. The zero-order valence-corrected chi connectivity index (χ0v) is 27.5. The van der Waals surface area contributed by atoms with Crippen molar-refractivity contribution in [2.75, 3.05) is 17.4 Å². The van der Waals surface area contributed by atoms with Gasteiger partial charge in [0, 0.05) is 24.5 Å². The van der Waals surface area contributed by atoms with Crippen molar-refractivity contribution in [3.8, 4) is 0 Å². The van der Waals surface area contributed by atoms with Crippen molar-refractivity contribution < 1.29 is 18.0 Å². The number of hydrogen-bond donors (Lipinski definition) is 1. The summed E-state index contributed by atoms with van der Waals surface area (Å²) in [7, 11) is -4.16. The maximum absolute atomic E-state index is 14.5. The first-order valence-corrected chi connectivity index (χ1v) is 17.0. The molecule has 4 aromatic rings. The summed E-state index contributed by atoms with van der Waals surface area (Å²) in [5, 5.41) is 3.39. The molecule has 0 bridgehead atoms. The molecule has 0 fully saturated rings. The Kier molecular flexibility index (Phi) is 11.8. The molecular weight excluding hydrogens is 606 g/mol. The molecule has 0 saturated heterocycles. The maximum atomic E-state index is 14.5. The first-order valence-electron chi connectivity index (χ1n) is 15.1. The number of anilines is 1. The third-order valence-corrected chi connectivity index (χ3v) is 9.73. The van der Waals surface area contributed by atoms with Crippen LogP contribution in [-0.2, 0) is 32.6 Å². The minimum atomic E-state index is -4.16. The average Bonchev–Trinajstić information content (AvgIpc) is 3.05. The Hall–Kier alpha value is -4.14. The Morgan fingerprint density at radius 3 is 2.02 bits per heavy atom. The predicted octanol–water partition coefficient (Wildman–Crippen LogP) is 6.83. The Balaban J connectivity index is 1.80. The fourth-order valence-corrected chi connectivity index (χ4v) is 6.63. The fourth-order valence-electron chi connectivity index (χ4n) is 5.00. The van der Waals surface area contributed by atoms with Crippen molar-refractivity contribution in [3.05, 3.63) is 131 Å². The summed E-state index contributed by atoms with van der Waals surface area (Å²) < 4.78 is 29.3. The highest BCUT2D eigenvalue weighted by molar-refractivity contribution is 7.92. The Morgan fingerprint density at radius 2 is 1.42 bits per heavy atom. The molecule has 0 aliphatic carbocycles. The lowest BCUT2D eigenvalue weighted by Gasteiger charge is -2.34. The molecule has 0 aromatic heterocycles. The van der Waals surface area contributed by atoms with Crippen molar-refractivity contribution in [2.45, 2.75) is 57.0 Å². The standard InChI is InChI=1S/C36H40ClN3O4S/c1-4-23-38-36(42)34(24-28-13-7-5-8-14-28)39(25-30-15-11-12-18-33(30)37)35(41)26-40(31-21-19-29(20-22-31)27(2)3)45(43,44)32-16-9-6-10-17-32/h5-22,27,34H,4,23-26H2,1-3H3,(H,38,42)/t34-/m0/s1. The molecule has 236 valence electrons. The van der Waals surface area contributed by atoms with Crippen LogP contribution >= 0.6 is 11.6 Å². The monoisotopic (exact) mass is 645 g/mol. The van der Waals surface area contributed by atoms with Crippen LogP contribution in [-0.4, -0.2) is 44.3 Å². The van der Waals surface area contributed by atoms with E-state index in [2.05, 4.69) is 19.2 Å². The molecule has 1 N–H and O–H groups in total. The van der Waals surface area contributed by atoms with Gasteiger partial charge in [-0.05, 0) is 59.4 Å². The molecule has 0 heterocycles. The van der Waals surface area contributed by atoms with Crippen molar-refractivity contribution in [1.29, 1.82) is 0 Å². The smallest absolute Gasteiger partial charge is 0.264 e. The molecule has 4 rings (SSSR count). The van der Waals surface area contributed by atoms with Crippen LogP contribution in [0.15, 0.2) is 114 Å². The van der Waals surface area contributed by atoms with Crippen molar-refractivity contribution in [2.24, 2.45) is 0 Å². The van der Waals surface area contributed by atoms with Gasteiger partial charge >= 0.3 is 0 Å². The van der Waals surface area contributed by atoms with Gasteiger partial charge in [-0.15, -0.1) is 0 Å². The van der Waals surface area contributed by atoms with Gasteiger partial charge in [0.1, 0.15) is 12.6 Å². The third-order valence-electron chi connectivity index (χ3n) is 7.58. The number of amides is 2. The Bertz CT molecular complexity index is 1660. The van der Waals surface area contributed by atoms with Crippen LogP contribution in [0.3, 0.4) is 0 Å². The van der Waals surface area contributed by atoms with Crippen LogP contribution < -0.4 is 9.62 Å².